The maximum atomic E-state index is 13.0. The smallest absolute Gasteiger partial charge is 0.230 e. The van der Waals surface area contributed by atoms with Crippen molar-refractivity contribution in [2.45, 2.75) is 39.4 Å². The molecule has 8 nitrogen and oxygen atoms in total. The fourth-order valence-electron chi connectivity index (χ4n) is 4.51. The Labute approximate surface area is 220 Å². The maximum absolute atomic E-state index is 13.0. The van der Waals surface area contributed by atoms with Crippen molar-refractivity contribution >= 4 is 40.6 Å². The van der Waals surface area contributed by atoms with Gasteiger partial charge in [-0.3, -0.25) is 19.4 Å². The van der Waals surface area contributed by atoms with E-state index in [2.05, 4.69) is 10.1 Å². The number of carbonyl (C=O) groups excluding carboxylic acids is 1. The molecule has 0 saturated heterocycles. The summed E-state index contributed by atoms with van der Waals surface area (Å²) in [6.45, 7) is 4.98. The Balaban J connectivity index is 1.47. The van der Waals surface area contributed by atoms with Crippen LogP contribution in [-0.4, -0.2) is 44.5 Å². The van der Waals surface area contributed by atoms with Crippen molar-refractivity contribution in [2.75, 3.05) is 23.9 Å². The van der Waals surface area contributed by atoms with Crippen molar-refractivity contribution in [1.29, 1.82) is 0 Å². The molecule has 186 valence electrons. The molecule has 0 saturated carbocycles. The Kier molecular flexibility index (Phi) is 6.49. The zero-order valence-corrected chi connectivity index (χ0v) is 22.1. The molecule has 0 unspecified atom stereocenters. The van der Waals surface area contributed by atoms with Crippen LogP contribution >= 0.6 is 23.2 Å². The third-order valence-electron chi connectivity index (χ3n) is 6.25. The van der Waals surface area contributed by atoms with Gasteiger partial charge in [0.25, 0.3) is 0 Å². The van der Waals surface area contributed by atoms with E-state index < -0.39 is 0 Å². The largest absolute Gasteiger partial charge is 0.376 e. The zero-order chi connectivity index (χ0) is 25.6. The summed E-state index contributed by atoms with van der Waals surface area (Å²) >= 11 is 13.2. The van der Waals surface area contributed by atoms with Crippen LogP contribution in [0.4, 0.5) is 11.5 Å². The van der Waals surface area contributed by atoms with Gasteiger partial charge in [0.1, 0.15) is 17.2 Å². The van der Waals surface area contributed by atoms with Crippen molar-refractivity contribution in [3.63, 3.8) is 0 Å². The van der Waals surface area contributed by atoms with Crippen molar-refractivity contribution < 1.29 is 4.79 Å². The molecule has 0 atom stereocenters. The average molecular weight is 524 g/mol. The summed E-state index contributed by atoms with van der Waals surface area (Å²) in [4.78, 5) is 21.3. The molecule has 10 heteroatoms. The van der Waals surface area contributed by atoms with Gasteiger partial charge in [-0.1, -0.05) is 35.3 Å². The Morgan fingerprint density at radius 1 is 1.11 bits per heavy atom. The van der Waals surface area contributed by atoms with Crippen molar-refractivity contribution in [3.05, 3.63) is 64.4 Å². The molecule has 1 aliphatic rings. The summed E-state index contributed by atoms with van der Waals surface area (Å²) in [6, 6.07) is 11.8. The summed E-state index contributed by atoms with van der Waals surface area (Å²) in [5.74, 6) is 0.769. The molecule has 0 aliphatic carbocycles. The molecule has 5 rings (SSSR count). The van der Waals surface area contributed by atoms with E-state index in [1.165, 1.54) is 0 Å². The number of amides is 1. The highest BCUT2D eigenvalue weighted by molar-refractivity contribution is 6.33. The lowest BCUT2D eigenvalue weighted by Crippen LogP contribution is -2.36. The minimum atomic E-state index is 0.0391. The number of nitrogens with zero attached hydrogens (tertiary/aromatic N) is 7. The molecule has 0 spiro atoms. The maximum Gasteiger partial charge on any atom is 0.230 e. The van der Waals surface area contributed by atoms with Gasteiger partial charge in [0, 0.05) is 44.4 Å². The first-order valence-corrected chi connectivity index (χ1v) is 12.5. The predicted molar refractivity (Wildman–Crippen MR) is 144 cm³/mol. The van der Waals surface area contributed by atoms with Gasteiger partial charge < -0.3 is 4.90 Å². The second kappa shape index (κ2) is 9.59. The van der Waals surface area contributed by atoms with Crippen LogP contribution in [0.25, 0.3) is 22.6 Å². The second-order valence-corrected chi connectivity index (χ2v) is 10.1. The fraction of sp³-hybridized carbons (Fsp3) is 0.308. The summed E-state index contributed by atoms with van der Waals surface area (Å²) in [6.07, 6.45) is 3.76. The lowest BCUT2D eigenvalue weighted by atomic mass is 10.1. The van der Waals surface area contributed by atoms with Gasteiger partial charge in [-0.25, -0.2) is 4.68 Å². The van der Waals surface area contributed by atoms with E-state index >= 15 is 0 Å². The van der Waals surface area contributed by atoms with Gasteiger partial charge >= 0.3 is 0 Å². The first-order valence-electron chi connectivity index (χ1n) is 11.8. The SMILES string of the molecule is CC(C)n1ncc(Cl)c1-c1cc2n(n1)CCC(=O)N2Cc1ccc(-c2ncccc2N(C)C)c(Cl)c1. The van der Waals surface area contributed by atoms with E-state index in [0.29, 0.717) is 35.2 Å². The van der Waals surface area contributed by atoms with Crippen LogP contribution in [0.1, 0.15) is 31.9 Å². The van der Waals surface area contributed by atoms with Crippen LogP contribution in [0, 0.1) is 0 Å². The number of rotatable bonds is 6. The highest BCUT2D eigenvalue weighted by atomic mass is 35.5. The highest BCUT2D eigenvalue weighted by Gasteiger charge is 2.28. The summed E-state index contributed by atoms with van der Waals surface area (Å²) in [7, 11) is 3.95. The molecular weight excluding hydrogens is 497 g/mol. The molecule has 0 radical (unpaired) electrons. The standard InChI is InChI=1S/C26H27Cl2N7O/c1-16(2)35-26(20(28)14-30-35)21-13-23-33(24(36)9-11-34(23)31-21)15-17-7-8-18(19(27)12-17)25-22(32(3)4)6-5-10-29-25/h5-8,10,12-14,16H,9,11,15H2,1-4H3. The number of pyridine rings is 1. The molecule has 36 heavy (non-hydrogen) atoms. The van der Waals surface area contributed by atoms with Gasteiger partial charge in [0.15, 0.2) is 0 Å². The highest BCUT2D eigenvalue weighted by Crippen LogP contribution is 2.36. The molecule has 0 N–H and O–H groups in total. The van der Waals surface area contributed by atoms with E-state index in [1.54, 1.807) is 17.3 Å². The number of aromatic nitrogens is 5. The van der Waals surface area contributed by atoms with Crippen LogP contribution in [0.2, 0.25) is 10.0 Å². The van der Waals surface area contributed by atoms with Gasteiger partial charge in [0.05, 0.1) is 40.7 Å². The second-order valence-electron chi connectivity index (χ2n) is 9.30. The molecule has 0 fully saturated rings. The first kappa shape index (κ1) is 24.3. The van der Waals surface area contributed by atoms with Crippen molar-refractivity contribution in [3.8, 4) is 22.6 Å². The van der Waals surface area contributed by atoms with Crippen LogP contribution in [0.15, 0.2) is 48.8 Å². The minimum absolute atomic E-state index is 0.0391. The average Bonchev–Trinajstić information content (AvgIpc) is 3.44. The lowest BCUT2D eigenvalue weighted by molar-refractivity contribution is -0.119. The van der Waals surface area contributed by atoms with E-state index in [9.17, 15) is 4.79 Å². The zero-order valence-electron chi connectivity index (χ0n) is 20.6. The van der Waals surface area contributed by atoms with Gasteiger partial charge in [-0.05, 0) is 37.6 Å². The van der Waals surface area contributed by atoms with Gasteiger partial charge in [-0.15, -0.1) is 0 Å². The normalized spacial score (nSPS) is 13.4. The number of aryl methyl sites for hydroxylation is 1. The number of hydrogen-bond donors (Lipinski definition) is 0. The van der Waals surface area contributed by atoms with Crippen LogP contribution in [0.3, 0.4) is 0 Å². The summed E-state index contributed by atoms with van der Waals surface area (Å²) in [5, 5.41) is 10.3. The fourth-order valence-corrected chi connectivity index (χ4v) is 5.03. The third kappa shape index (κ3) is 4.35. The predicted octanol–water partition coefficient (Wildman–Crippen LogP) is 5.70. The molecule has 1 aromatic carbocycles. The number of fused-ring (bicyclic) bond motifs is 1. The van der Waals surface area contributed by atoms with E-state index in [-0.39, 0.29) is 11.9 Å². The molecule has 4 heterocycles. The topological polar surface area (TPSA) is 72.1 Å². The van der Waals surface area contributed by atoms with Gasteiger partial charge in [-0.2, -0.15) is 10.2 Å². The van der Waals surface area contributed by atoms with E-state index in [0.717, 1.165) is 34.0 Å². The molecule has 1 amide bonds. The Hall–Kier alpha value is -3.36. The number of anilines is 2. The Bertz CT molecular complexity index is 1440. The van der Waals surface area contributed by atoms with Crippen molar-refractivity contribution in [1.82, 2.24) is 24.5 Å². The molecule has 0 bridgehead atoms. The van der Waals surface area contributed by atoms with Crippen LogP contribution in [0.5, 0.6) is 0 Å². The molecule has 4 aromatic rings. The third-order valence-corrected chi connectivity index (χ3v) is 6.84. The van der Waals surface area contributed by atoms with Crippen LogP contribution < -0.4 is 9.80 Å². The number of benzene rings is 1. The summed E-state index contributed by atoms with van der Waals surface area (Å²) in [5.41, 5.74) is 5.00. The molecule has 1 aliphatic heterocycles. The molecular formula is C26H27Cl2N7O. The monoisotopic (exact) mass is 523 g/mol. The van der Waals surface area contributed by atoms with E-state index in [1.807, 2.05) is 78.6 Å². The quantitative estimate of drug-likeness (QED) is 0.324. The minimum Gasteiger partial charge on any atom is -0.376 e. The number of halogens is 2. The van der Waals surface area contributed by atoms with Crippen LogP contribution in [-0.2, 0) is 17.9 Å². The van der Waals surface area contributed by atoms with Gasteiger partial charge in [0.2, 0.25) is 5.91 Å². The van der Waals surface area contributed by atoms with E-state index in [4.69, 9.17) is 28.3 Å². The number of carbonyl (C=O) groups is 1. The summed E-state index contributed by atoms with van der Waals surface area (Å²) < 4.78 is 3.71. The van der Waals surface area contributed by atoms with Crippen molar-refractivity contribution in [2.24, 2.45) is 0 Å². The first-order chi connectivity index (χ1) is 17.2. The molecule has 3 aromatic heterocycles. The Morgan fingerprint density at radius 3 is 2.64 bits per heavy atom. The number of hydrogen-bond acceptors (Lipinski definition) is 5. The lowest BCUT2D eigenvalue weighted by Gasteiger charge is -2.27. The Morgan fingerprint density at radius 2 is 1.92 bits per heavy atom.